The van der Waals surface area contributed by atoms with Crippen LogP contribution in [0.2, 0.25) is 0 Å². The maximum atomic E-state index is 11.9. The molecule has 0 unspecified atom stereocenters. The molecule has 1 aromatic rings. The topological polar surface area (TPSA) is 72.6 Å². The van der Waals surface area contributed by atoms with Crippen LogP contribution in [0.15, 0.2) is 24.3 Å². The molecule has 0 aromatic heterocycles. The quantitative estimate of drug-likeness (QED) is 0.622. The minimum atomic E-state index is -0.332. The number of esters is 1. The molecule has 5 nitrogen and oxygen atoms in total. The van der Waals surface area contributed by atoms with Crippen molar-refractivity contribution in [1.82, 2.24) is 4.90 Å². The Morgan fingerprint density at radius 1 is 1.29 bits per heavy atom. The Balaban J connectivity index is 2.57. The summed E-state index contributed by atoms with van der Waals surface area (Å²) in [7, 11) is 2.96. The molecule has 0 aliphatic heterocycles. The van der Waals surface area contributed by atoms with Gasteiger partial charge in [0.2, 0.25) is 0 Å². The van der Waals surface area contributed by atoms with E-state index >= 15 is 0 Å². The number of nitrogen functional groups attached to an aromatic ring is 1. The van der Waals surface area contributed by atoms with Crippen molar-refractivity contribution in [2.45, 2.75) is 6.42 Å². The van der Waals surface area contributed by atoms with Gasteiger partial charge in [-0.3, -0.25) is 9.59 Å². The Labute approximate surface area is 100 Å². The predicted octanol–water partition coefficient (Wildman–Crippen LogP) is 0.904. The molecule has 0 aliphatic rings. The number of carbonyl (C=O) groups is 2. The van der Waals surface area contributed by atoms with E-state index in [1.54, 1.807) is 31.3 Å². The molecule has 0 saturated carbocycles. The van der Waals surface area contributed by atoms with E-state index in [1.165, 1.54) is 12.0 Å². The minimum Gasteiger partial charge on any atom is -0.469 e. The Morgan fingerprint density at radius 3 is 2.41 bits per heavy atom. The molecule has 5 heteroatoms. The van der Waals surface area contributed by atoms with Crippen molar-refractivity contribution in [1.29, 1.82) is 0 Å². The third-order valence-electron chi connectivity index (χ3n) is 2.38. The first-order valence-electron chi connectivity index (χ1n) is 5.22. The number of methoxy groups -OCH3 is 1. The highest BCUT2D eigenvalue weighted by atomic mass is 16.5. The number of benzene rings is 1. The lowest BCUT2D eigenvalue weighted by molar-refractivity contribution is -0.140. The predicted molar refractivity (Wildman–Crippen MR) is 64.4 cm³/mol. The molecule has 0 fully saturated rings. The summed E-state index contributed by atoms with van der Waals surface area (Å²) in [5.41, 5.74) is 6.69. The number of nitrogens with two attached hydrogens (primary N) is 1. The van der Waals surface area contributed by atoms with Crippen LogP contribution in [0.25, 0.3) is 0 Å². The zero-order valence-corrected chi connectivity index (χ0v) is 9.97. The van der Waals surface area contributed by atoms with Crippen molar-refractivity contribution in [3.8, 4) is 0 Å². The summed E-state index contributed by atoms with van der Waals surface area (Å²) >= 11 is 0. The average Bonchev–Trinajstić information content (AvgIpc) is 2.35. The lowest BCUT2D eigenvalue weighted by Crippen LogP contribution is -2.29. The smallest absolute Gasteiger partial charge is 0.307 e. The first-order chi connectivity index (χ1) is 8.04. The maximum absolute atomic E-state index is 11.9. The molecule has 0 aliphatic carbocycles. The van der Waals surface area contributed by atoms with Crippen LogP contribution in [-0.4, -0.2) is 37.5 Å². The van der Waals surface area contributed by atoms with Crippen molar-refractivity contribution >= 4 is 17.6 Å². The third kappa shape index (κ3) is 3.79. The number of anilines is 1. The Hall–Kier alpha value is -2.04. The fourth-order valence-corrected chi connectivity index (χ4v) is 1.31. The fourth-order valence-electron chi connectivity index (χ4n) is 1.31. The SMILES string of the molecule is COC(=O)CCN(C)C(=O)c1ccc(N)cc1. The average molecular weight is 236 g/mol. The van der Waals surface area contributed by atoms with Crippen molar-refractivity contribution < 1.29 is 14.3 Å². The number of rotatable bonds is 4. The second-order valence-electron chi connectivity index (χ2n) is 3.67. The van der Waals surface area contributed by atoms with Gasteiger partial charge in [-0.2, -0.15) is 0 Å². The van der Waals surface area contributed by atoms with E-state index in [9.17, 15) is 9.59 Å². The van der Waals surface area contributed by atoms with E-state index < -0.39 is 0 Å². The zero-order chi connectivity index (χ0) is 12.8. The summed E-state index contributed by atoms with van der Waals surface area (Å²) in [4.78, 5) is 24.3. The fraction of sp³-hybridized carbons (Fsp3) is 0.333. The van der Waals surface area contributed by atoms with Gasteiger partial charge in [0.05, 0.1) is 13.5 Å². The van der Waals surface area contributed by atoms with E-state index in [0.29, 0.717) is 17.8 Å². The van der Waals surface area contributed by atoms with E-state index in [0.717, 1.165) is 0 Å². The molecule has 0 radical (unpaired) electrons. The number of amides is 1. The zero-order valence-electron chi connectivity index (χ0n) is 9.97. The van der Waals surface area contributed by atoms with E-state index in [-0.39, 0.29) is 18.3 Å². The monoisotopic (exact) mass is 236 g/mol. The molecule has 0 bridgehead atoms. The molecule has 0 spiro atoms. The second-order valence-corrected chi connectivity index (χ2v) is 3.67. The van der Waals surface area contributed by atoms with Gasteiger partial charge in [0.25, 0.3) is 5.91 Å². The number of hydrogen-bond donors (Lipinski definition) is 1. The van der Waals surface area contributed by atoms with Crippen molar-refractivity contribution in [2.24, 2.45) is 0 Å². The van der Waals surface area contributed by atoms with Crippen LogP contribution in [0.3, 0.4) is 0 Å². The van der Waals surface area contributed by atoms with E-state index in [4.69, 9.17) is 5.73 Å². The van der Waals surface area contributed by atoms with Gasteiger partial charge in [0, 0.05) is 24.8 Å². The normalized spacial score (nSPS) is 9.76. The van der Waals surface area contributed by atoms with Crippen LogP contribution in [0.1, 0.15) is 16.8 Å². The molecule has 17 heavy (non-hydrogen) atoms. The molecule has 0 atom stereocenters. The van der Waals surface area contributed by atoms with Gasteiger partial charge in [0.15, 0.2) is 0 Å². The van der Waals surface area contributed by atoms with Crippen LogP contribution >= 0.6 is 0 Å². The van der Waals surface area contributed by atoms with Crippen molar-refractivity contribution in [3.05, 3.63) is 29.8 Å². The highest BCUT2D eigenvalue weighted by Crippen LogP contribution is 2.08. The summed E-state index contributed by atoms with van der Waals surface area (Å²) in [5.74, 6) is -0.476. The van der Waals surface area contributed by atoms with Crippen molar-refractivity contribution in [2.75, 3.05) is 26.4 Å². The Kier molecular flexibility index (Phi) is 4.51. The van der Waals surface area contributed by atoms with Gasteiger partial charge >= 0.3 is 5.97 Å². The Morgan fingerprint density at radius 2 is 1.88 bits per heavy atom. The summed E-state index contributed by atoms with van der Waals surface area (Å²) in [6.07, 6.45) is 0.188. The minimum absolute atomic E-state index is 0.145. The number of nitrogens with zero attached hydrogens (tertiary/aromatic N) is 1. The van der Waals surface area contributed by atoms with Gasteiger partial charge in [-0.1, -0.05) is 0 Å². The highest BCUT2D eigenvalue weighted by Gasteiger charge is 2.12. The molecule has 0 saturated heterocycles. The largest absolute Gasteiger partial charge is 0.469 e. The molecule has 1 amide bonds. The van der Waals surface area contributed by atoms with Crippen LogP contribution in [0, 0.1) is 0 Å². The summed E-state index contributed by atoms with van der Waals surface area (Å²) in [6, 6.07) is 6.65. The summed E-state index contributed by atoms with van der Waals surface area (Å²) in [5, 5.41) is 0. The lowest BCUT2D eigenvalue weighted by atomic mass is 10.2. The van der Waals surface area contributed by atoms with Crippen LogP contribution in [0.4, 0.5) is 5.69 Å². The first-order valence-corrected chi connectivity index (χ1v) is 5.22. The molecular weight excluding hydrogens is 220 g/mol. The van der Waals surface area contributed by atoms with Gasteiger partial charge in [-0.05, 0) is 24.3 Å². The van der Waals surface area contributed by atoms with Crippen LogP contribution < -0.4 is 5.73 Å². The van der Waals surface area contributed by atoms with Crippen molar-refractivity contribution in [3.63, 3.8) is 0 Å². The van der Waals surface area contributed by atoms with Gasteiger partial charge in [0.1, 0.15) is 0 Å². The number of hydrogen-bond acceptors (Lipinski definition) is 4. The summed E-state index contributed by atoms with van der Waals surface area (Å²) in [6.45, 7) is 0.329. The standard InChI is InChI=1S/C12H16N2O3/c1-14(8-7-11(15)17-2)12(16)9-3-5-10(13)6-4-9/h3-6H,7-8,13H2,1-2H3. The summed E-state index contributed by atoms with van der Waals surface area (Å²) < 4.78 is 4.51. The molecule has 1 rings (SSSR count). The van der Waals surface area contributed by atoms with Crippen LogP contribution in [0.5, 0.6) is 0 Å². The molecule has 92 valence electrons. The second kappa shape index (κ2) is 5.89. The van der Waals surface area contributed by atoms with Gasteiger partial charge in [-0.25, -0.2) is 0 Å². The van der Waals surface area contributed by atoms with E-state index in [2.05, 4.69) is 4.74 Å². The third-order valence-corrected chi connectivity index (χ3v) is 2.38. The number of carbonyl (C=O) groups excluding carboxylic acids is 2. The Bertz CT molecular complexity index is 401. The van der Waals surface area contributed by atoms with Crippen LogP contribution in [-0.2, 0) is 9.53 Å². The molecular formula is C12H16N2O3. The van der Waals surface area contributed by atoms with Gasteiger partial charge < -0.3 is 15.4 Å². The highest BCUT2D eigenvalue weighted by molar-refractivity contribution is 5.94. The number of ether oxygens (including phenoxy) is 1. The van der Waals surface area contributed by atoms with Gasteiger partial charge in [-0.15, -0.1) is 0 Å². The first kappa shape index (κ1) is 13.0. The lowest BCUT2D eigenvalue weighted by Gasteiger charge is -2.16. The van der Waals surface area contributed by atoms with E-state index in [1.807, 2.05) is 0 Å². The molecule has 1 aromatic carbocycles. The molecule has 2 N–H and O–H groups in total. The maximum Gasteiger partial charge on any atom is 0.307 e. The molecule has 0 heterocycles.